The van der Waals surface area contributed by atoms with Crippen LogP contribution in [0.5, 0.6) is 5.75 Å². The highest BCUT2D eigenvalue weighted by Crippen LogP contribution is 2.29. The van der Waals surface area contributed by atoms with E-state index in [1.54, 1.807) is 7.11 Å². The van der Waals surface area contributed by atoms with Gasteiger partial charge in [-0.2, -0.15) is 0 Å². The van der Waals surface area contributed by atoms with Gasteiger partial charge in [0, 0.05) is 9.64 Å². The van der Waals surface area contributed by atoms with Crippen LogP contribution in [0.1, 0.15) is 0 Å². The molecule has 18 heavy (non-hydrogen) atoms. The Balaban J connectivity index is 2.17. The van der Waals surface area contributed by atoms with Gasteiger partial charge in [-0.3, -0.25) is 0 Å². The zero-order chi connectivity index (χ0) is 12.5. The van der Waals surface area contributed by atoms with Gasteiger partial charge < -0.3 is 9.15 Å². The predicted octanol–water partition coefficient (Wildman–Crippen LogP) is 4.11. The maximum Gasteiger partial charge on any atom is 0.228 e. The minimum Gasteiger partial charge on any atom is -0.497 e. The molecule has 0 amide bonds. The molecule has 0 atom stereocenters. The van der Waals surface area contributed by atoms with Crippen molar-refractivity contribution < 1.29 is 9.15 Å². The summed E-state index contributed by atoms with van der Waals surface area (Å²) in [6.07, 6.45) is 0. The summed E-state index contributed by atoms with van der Waals surface area (Å²) in [6, 6.07) is 13.6. The van der Waals surface area contributed by atoms with Crippen molar-refractivity contribution in [1.29, 1.82) is 0 Å². The lowest BCUT2D eigenvalue weighted by molar-refractivity contribution is 0.414. The Kier molecular flexibility index (Phi) is 2.95. The van der Waals surface area contributed by atoms with Gasteiger partial charge >= 0.3 is 0 Å². The van der Waals surface area contributed by atoms with E-state index >= 15 is 0 Å². The number of fused-ring (bicyclic) bond motifs is 1. The molecular formula is C14H10INO2. The van der Waals surface area contributed by atoms with Gasteiger partial charge in [-0.25, -0.2) is 4.98 Å². The van der Waals surface area contributed by atoms with E-state index in [-0.39, 0.29) is 0 Å². The molecule has 1 aromatic heterocycles. The first-order valence-corrected chi connectivity index (χ1v) is 6.55. The monoisotopic (exact) mass is 351 g/mol. The van der Waals surface area contributed by atoms with E-state index in [9.17, 15) is 0 Å². The Hall–Kier alpha value is -1.56. The van der Waals surface area contributed by atoms with Crippen LogP contribution in [0, 0.1) is 3.57 Å². The molecule has 0 aliphatic carbocycles. The van der Waals surface area contributed by atoms with Crippen LogP contribution < -0.4 is 4.74 Å². The van der Waals surface area contributed by atoms with Crippen molar-refractivity contribution in [2.24, 2.45) is 0 Å². The van der Waals surface area contributed by atoms with Crippen molar-refractivity contribution in [2.75, 3.05) is 7.11 Å². The highest BCUT2D eigenvalue weighted by atomic mass is 127. The number of methoxy groups -OCH3 is 1. The number of aromatic nitrogens is 1. The summed E-state index contributed by atoms with van der Waals surface area (Å²) in [4.78, 5) is 4.49. The largest absolute Gasteiger partial charge is 0.497 e. The lowest BCUT2D eigenvalue weighted by atomic mass is 10.2. The molecule has 90 valence electrons. The van der Waals surface area contributed by atoms with Crippen LogP contribution in [0.15, 0.2) is 46.9 Å². The van der Waals surface area contributed by atoms with Crippen LogP contribution in [0.3, 0.4) is 0 Å². The summed E-state index contributed by atoms with van der Waals surface area (Å²) >= 11 is 2.28. The lowest BCUT2D eigenvalue weighted by Crippen LogP contribution is -1.81. The molecule has 3 nitrogen and oxygen atoms in total. The zero-order valence-electron chi connectivity index (χ0n) is 9.68. The molecule has 0 unspecified atom stereocenters. The first-order chi connectivity index (χ1) is 8.78. The Labute approximate surface area is 118 Å². The molecular weight excluding hydrogens is 341 g/mol. The minimum absolute atomic E-state index is 0.642. The number of halogens is 1. The maximum absolute atomic E-state index is 5.78. The summed E-state index contributed by atoms with van der Waals surface area (Å²) in [7, 11) is 1.64. The van der Waals surface area contributed by atoms with E-state index in [0.717, 1.165) is 26.0 Å². The topological polar surface area (TPSA) is 35.3 Å². The first kappa shape index (κ1) is 11.5. The first-order valence-electron chi connectivity index (χ1n) is 5.47. The van der Waals surface area contributed by atoms with Gasteiger partial charge in [0.15, 0.2) is 5.58 Å². The quantitative estimate of drug-likeness (QED) is 0.652. The van der Waals surface area contributed by atoms with Crippen molar-refractivity contribution in [3.63, 3.8) is 0 Å². The van der Waals surface area contributed by atoms with Crippen molar-refractivity contribution >= 4 is 33.7 Å². The maximum atomic E-state index is 5.78. The summed E-state index contributed by atoms with van der Waals surface area (Å²) in [6.45, 7) is 0. The molecule has 3 aromatic rings. The Morgan fingerprint density at radius 3 is 2.78 bits per heavy atom. The second-order valence-electron chi connectivity index (χ2n) is 3.83. The Bertz CT molecular complexity index is 706. The van der Waals surface area contributed by atoms with Gasteiger partial charge in [0.1, 0.15) is 11.3 Å². The standard InChI is InChI=1S/C14H10INO2/c1-17-9-6-7-12-13(8-9)18-14(16-12)10-4-2-3-5-11(10)15/h2-8H,1H3. The molecule has 0 aliphatic rings. The van der Waals surface area contributed by atoms with Crippen molar-refractivity contribution in [1.82, 2.24) is 4.98 Å². The molecule has 2 aromatic carbocycles. The van der Waals surface area contributed by atoms with Gasteiger partial charge in [0.25, 0.3) is 0 Å². The Morgan fingerprint density at radius 1 is 1.17 bits per heavy atom. The number of rotatable bonds is 2. The molecule has 4 heteroatoms. The van der Waals surface area contributed by atoms with E-state index in [2.05, 4.69) is 27.6 Å². The number of ether oxygens (including phenoxy) is 1. The average molecular weight is 351 g/mol. The van der Waals surface area contributed by atoms with Crippen molar-refractivity contribution in [3.8, 4) is 17.2 Å². The molecule has 0 aliphatic heterocycles. The van der Waals surface area contributed by atoms with Crippen LogP contribution in [-0.2, 0) is 0 Å². The third-order valence-corrected chi connectivity index (χ3v) is 3.64. The van der Waals surface area contributed by atoms with E-state index in [1.807, 2.05) is 42.5 Å². The van der Waals surface area contributed by atoms with E-state index < -0.39 is 0 Å². The number of oxazole rings is 1. The molecule has 0 saturated carbocycles. The van der Waals surface area contributed by atoms with Crippen molar-refractivity contribution in [3.05, 3.63) is 46.0 Å². The predicted molar refractivity (Wildman–Crippen MR) is 78.7 cm³/mol. The fourth-order valence-electron chi connectivity index (χ4n) is 1.78. The van der Waals surface area contributed by atoms with Crippen LogP contribution in [0.4, 0.5) is 0 Å². The Morgan fingerprint density at radius 2 is 2.00 bits per heavy atom. The molecule has 1 heterocycles. The third kappa shape index (κ3) is 1.96. The molecule has 0 spiro atoms. The van der Waals surface area contributed by atoms with Gasteiger partial charge in [0.2, 0.25) is 5.89 Å². The second-order valence-corrected chi connectivity index (χ2v) is 4.99. The van der Waals surface area contributed by atoms with Crippen LogP contribution in [0.2, 0.25) is 0 Å². The summed E-state index contributed by atoms with van der Waals surface area (Å²) in [5.74, 6) is 1.41. The molecule has 0 bridgehead atoms. The SMILES string of the molecule is COc1ccc2nc(-c3ccccc3I)oc2c1. The van der Waals surface area contributed by atoms with E-state index in [1.165, 1.54) is 0 Å². The molecule has 0 N–H and O–H groups in total. The van der Waals surface area contributed by atoms with Gasteiger partial charge in [-0.1, -0.05) is 12.1 Å². The molecule has 0 fully saturated rings. The van der Waals surface area contributed by atoms with Gasteiger partial charge in [-0.15, -0.1) is 0 Å². The third-order valence-electron chi connectivity index (χ3n) is 2.70. The molecule has 3 rings (SSSR count). The number of nitrogens with zero attached hydrogens (tertiary/aromatic N) is 1. The fourth-order valence-corrected chi connectivity index (χ4v) is 2.40. The summed E-state index contributed by atoms with van der Waals surface area (Å²) in [5.41, 5.74) is 2.59. The summed E-state index contributed by atoms with van der Waals surface area (Å²) in [5, 5.41) is 0. The molecule has 0 radical (unpaired) electrons. The summed E-state index contributed by atoms with van der Waals surface area (Å²) < 4.78 is 12.1. The molecule has 0 saturated heterocycles. The van der Waals surface area contributed by atoms with E-state index in [0.29, 0.717) is 5.89 Å². The highest BCUT2D eigenvalue weighted by Gasteiger charge is 2.11. The van der Waals surface area contributed by atoms with Crippen LogP contribution in [0.25, 0.3) is 22.6 Å². The number of benzene rings is 2. The van der Waals surface area contributed by atoms with E-state index in [4.69, 9.17) is 9.15 Å². The zero-order valence-corrected chi connectivity index (χ0v) is 11.8. The van der Waals surface area contributed by atoms with Crippen LogP contribution in [-0.4, -0.2) is 12.1 Å². The normalized spacial score (nSPS) is 10.8. The van der Waals surface area contributed by atoms with Crippen LogP contribution >= 0.6 is 22.6 Å². The highest BCUT2D eigenvalue weighted by molar-refractivity contribution is 14.1. The van der Waals surface area contributed by atoms with Crippen molar-refractivity contribution in [2.45, 2.75) is 0 Å². The minimum atomic E-state index is 0.642. The van der Waals surface area contributed by atoms with Gasteiger partial charge in [0.05, 0.1) is 12.7 Å². The number of hydrogen-bond donors (Lipinski definition) is 0. The average Bonchev–Trinajstić information content (AvgIpc) is 2.81. The number of hydrogen-bond acceptors (Lipinski definition) is 3. The van der Waals surface area contributed by atoms with Gasteiger partial charge in [-0.05, 0) is 46.9 Å². The fraction of sp³-hybridized carbons (Fsp3) is 0.0714. The second kappa shape index (κ2) is 4.61. The smallest absolute Gasteiger partial charge is 0.228 e. The lowest BCUT2D eigenvalue weighted by Gasteiger charge is -1.97.